The van der Waals surface area contributed by atoms with Crippen LogP contribution in [-0.2, 0) is 27.3 Å². The van der Waals surface area contributed by atoms with Gasteiger partial charge in [0.2, 0.25) is 0 Å². The Labute approximate surface area is 228 Å². The topological polar surface area (TPSA) is 55.8 Å². The fraction of sp³-hybridized carbons (Fsp3) is 0.406. The molecular formula is C32H38FO4S+. The molecule has 4 nitrogen and oxygen atoms in total. The first kappa shape index (κ1) is 28.2. The first-order valence-corrected chi connectivity index (χ1v) is 14.7. The summed E-state index contributed by atoms with van der Waals surface area (Å²) in [5.41, 5.74) is 4.15. The minimum Gasteiger partial charge on any atom is -0.489 e. The fourth-order valence-corrected chi connectivity index (χ4v) is 5.87. The highest BCUT2D eigenvalue weighted by atomic mass is 32.2. The van der Waals surface area contributed by atoms with Crippen LogP contribution in [0.5, 0.6) is 5.75 Å². The van der Waals surface area contributed by atoms with Gasteiger partial charge >= 0.3 is 5.97 Å². The molecule has 3 aromatic carbocycles. The van der Waals surface area contributed by atoms with E-state index in [0.29, 0.717) is 36.7 Å². The van der Waals surface area contributed by atoms with Crippen molar-refractivity contribution in [2.75, 3.05) is 6.61 Å². The van der Waals surface area contributed by atoms with Crippen LogP contribution in [0.2, 0.25) is 0 Å². The first-order chi connectivity index (χ1) is 18.2. The quantitative estimate of drug-likeness (QED) is 0.187. The van der Waals surface area contributed by atoms with Crippen molar-refractivity contribution >= 4 is 17.1 Å². The Morgan fingerprint density at radius 2 is 1.87 bits per heavy atom. The maximum absolute atomic E-state index is 14.7. The van der Waals surface area contributed by atoms with Gasteiger partial charge in [0.05, 0.1) is 13.0 Å². The van der Waals surface area contributed by atoms with E-state index >= 15 is 0 Å². The second-order valence-corrected chi connectivity index (χ2v) is 12.4. The van der Waals surface area contributed by atoms with Crippen LogP contribution in [0, 0.1) is 18.7 Å². The number of benzene rings is 3. The number of carbonyl (C=O) groups excluding carboxylic acids is 1. The lowest BCUT2D eigenvalue weighted by Crippen LogP contribution is -2.15. The van der Waals surface area contributed by atoms with Crippen molar-refractivity contribution < 1.29 is 23.2 Å². The number of rotatable bonds is 12. The van der Waals surface area contributed by atoms with E-state index in [9.17, 15) is 13.7 Å². The molecule has 2 atom stereocenters. The number of hydrogen-bond acceptors (Lipinski definition) is 4. The second kappa shape index (κ2) is 12.8. The summed E-state index contributed by atoms with van der Waals surface area (Å²) in [6.07, 6.45) is 3.81. The van der Waals surface area contributed by atoms with E-state index in [1.165, 1.54) is 18.9 Å². The highest BCUT2D eigenvalue weighted by Gasteiger charge is 2.30. The molecule has 0 spiro atoms. The number of halogens is 1. The van der Waals surface area contributed by atoms with Crippen molar-refractivity contribution in [3.63, 3.8) is 0 Å². The molecular weight excluding hydrogens is 499 g/mol. The van der Waals surface area contributed by atoms with E-state index in [2.05, 4.69) is 6.07 Å². The van der Waals surface area contributed by atoms with Crippen LogP contribution in [0.4, 0.5) is 4.39 Å². The van der Waals surface area contributed by atoms with Gasteiger partial charge in [0, 0.05) is 17.2 Å². The molecule has 202 valence electrons. The smallest absolute Gasteiger partial charge is 0.306 e. The van der Waals surface area contributed by atoms with Crippen molar-refractivity contribution in [3.05, 3.63) is 83.2 Å². The minimum absolute atomic E-state index is 0.00253. The minimum atomic E-state index is -1.05. The highest BCUT2D eigenvalue weighted by Crippen LogP contribution is 2.41. The molecule has 2 unspecified atom stereocenters. The molecule has 0 heterocycles. The van der Waals surface area contributed by atoms with Crippen LogP contribution in [-0.4, -0.2) is 22.4 Å². The summed E-state index contributed by atoms with van der Waals surface area (Å²) in [5, 5.41) is -0.00253. The average molecular weight is 538 g/mol. The van der Waals surface area contributed by atoms with E-state index in [-0.39, 0.29) is 23.0 Å². The van der Waals surface area contributed by atoms with Gasteiger partial charge in [-0.05, 0) is 87.4 Å². The predicted molar refractivity (Wildman–Crippen MR) is 152 cm³/mol. The summed E-state index contributed by atoms with van der Waals surface area (Å²) in [7, 11) is 0. The van der Waals surface area contributed by atoms with Crippen LogP contribution in [0.1, 0.15) is 69.1 Å². The van der Waals surface area contributed by atoms with E-state index in [1.807, 2.05) is 70.2 Å². The Hall–Kier alpha value is -2.83. The molecule has 1 aliphatic carbocycles. The normalized spacial score (nSPS) is 14.8. The van der Waals surface area contributed by atoms with Crippen LogP contribution in [0.3, 0.4) is 0 Å². The Balaban J connectivity index is 1.54. The summed E-state index contributed by atoms with van der Waals surface area (Å²) in [4.78, 5) is 13.0. The van der Waals surface area contributed by atoms with Gasteiger partial charge in [0.15, 0.2) is 21.3 Å². The Morgan fingerprint density at radius 1 is 1.08 bits per heavy atom. The molecule has 0 amide bonds. The molecule has 0 radical (unpaired) electrons. The molecule has 3 aromatic rings. The molecule has 6 heteroatoms. The summed E-state index contributed by atoms with van der Waals surface area (Å²) < 4.78 is 37.2. The molecule has 1 fully saturated rings. The molecule has 0 saturated heterocycles. The molecule has 38 heavy (non-hydrogen) atoms. The van der Waals surface area contributed by atoms with Gasteiger partial charge in [-0.25, -0.2) is 4.39 Å². The van der Waals surface area contributed by atoms with Crippen molar-refractivity contribution in [1.29, 1.82) is 0 Å². The van der Waals surface area contributed by atoms with Crippen LogP contribution < -0.4 is 4.74 Å². The third-order valence-corrected chi connectivity index (χ3v) is 8.58. The van der Waals surface area contributed by atoms with Gasteiger partial charge in [0.25, 0.3) is 0 Å². The van der Waals surface area contributed by atoms with Crippen LogP contribution in [0.15, 0.2) is 65.6 Å². The lowest BCUT2D eigenvalue weighted by Gasteiger charge is -2.18. The van der Waals surface area contributed by atoms with E-state index < -0.39 is 11.2 Å². The van der Waals surface area contributed by atoms with Gasteiger partial charge in [-0.15, -0.1) is 0 Å². The molecule has 0 bridgehead atoms. The van der Waals surface area contributed by atoms with Crippen LogP contribution in [0.25, 0.3) is 11.1 Å². The number of aryl methyl sites for hydroxylation is 1. The number of ether oxygens (including phenoxy) is 2. The van der Waals surface area contributed by atoms with Crippen molar-refractivity contribution in [1.82, 2.24) is 0 Å². The summed E-state index contributed by atoms with van der Waals surface area (Å²) in [5.74, 6) is 1.06. The molecule has 0 aromatic heterocycles. The number of hydrogen-bond donors (Lipinski definition) is 1. The SMILES string of the molecule is CCOC(=O)CC(CC1CC1)c1cccc(OCc2ccc(-c3cc(C)ccc3F)c([S+](O)C(C)C)c2)c1. The van der Waals surface area contributed by atoms with Crippen molar-refractivity contribution in [2.45, 2.75) is 76.0 Å². The van der Waals surface area contributed by atoms with Crippen molar-refractivity contribution in [2.24, 2.45) is 5.92 Å². The zero-order valence-electron chi connectivity index (χ0n) is 22.7. The van der Waals surface area contributed by atoms with Gasteiger partial charge in [-0.2, -0.15) is 4.55 Å². The van der Waals surface area contributed by atoms with E-state index in [4.69, 9.17) is 9.47 Å². The van der Waals surface area contributed by atoms with Gasteiger partial charge in [0.1, 0.15) is 18.2 Å². The molecule has 0 aliphatic heterocycles. The summed E-state index contributed by atoms with van der Waals surface area (Å²) in [6.45, 7) is 8.39. The summed E-state index contributed by atoms with van der Waals surface area (Å²) >= 11 is -1.05. The predicted octanol–water partition coefficient (Wildman–Crippen LogP) is 8.08. The standard InChI is InChI=1S/C32H38FO4S/c1-5-36-32(34)19-26(16-23-10-11-23)25-7-6-8-27(18-25)37-20-24-12-13-28(31(17-24)38(35)21(2)3)29-15-22(4)9-14-30(29)33/h6-9,12-15,17-18,21,23,26,35H,5,10-11,16,19-20H2,1-4H3/q+1. The highest BCUT2D eigenvalue weighted by molar-refractivity contribution is 7.92. The average Bonchev–Trinajstić information content (AvgIpc) is 3.72. The van der Waals surface area contributed by atoms with Crippen LogP contribution >= 0.6 is 0 Å². The maximum atomic E-state index is 14.7. The monoisotopic (exact) mass is 537 g/mol. The number of esters is 1. The third-order valence-electron chi connectivity index (χ3n) is 6.90. The fourth-order valence-electron chi connectivity index (χ4n) is 4.69. The lowest BCUT2D eigenvalue weighted by molar-refractivity contribution is -0.143. The van der Waals surface area contributed by atoms with Gasteiger partial charge in [-0.1, -0.05) is 42.7 Å². The Bertz CT molecular complexity index is 1250. The van der Waals surface area contributed by atoms with Crippen molar-refractivity contribution in [3.8, 4) is 16.9 Å². The molecule has 4 rings (SSSR count). The largest absolute Gasteiger partial charge is 0.489 e. The maximum Gasteiger partial charge on any atom is 0.306 e. The summed E-state index contributed by atoms with van der Waals surface area (Å²) in [6, 6.07) is 18.8. The molecule has 1 aliphatic rings. The lowest BCUT2D eigenvalue weighted by atomic mass is 9.90. The molecule has 1 N–H and O–H groups in total. The number of carbonyl (C=O) groups is 1. The Kier molecular flexibility index (Phi) is 9.50. The Morgan fingerprint density at radius 3 is 2.58 bits per heavy atom. The zero-order chi connectivity index (χ0) is 27.2. The first-order valence-electron chi connectivity index (χ1n) is 13.4. The van der Waals surface area contributed by atoms with Gasteiger partial charge < -0.3 is 9.47 Å². The zero-order valence-corrected chi connectivity index (χ0v) is 23.5. The molecule has 1 saturated carbocycles. The third kappa shape index (κ3) is 7.39. The second-order valence-electron chi connectivity index (χ2n) is 10.4. The van der Waals surface area contributed by atoms with E-state index in [1.54, 1.807) is 6.07 Å². The van der Waals surface area contributed by atoms with Gasteiger partial charge in [-0.3, -0.25) is 4.79 Å². The van der Waals surface area contributed by atoms with E-state index in [0.717, 1.165) is 33.8 Å².